The second-order valence-electron chi connectivity index (χ2n) is 7.86. The van der Waals surface area contributed by atoms with Gasteiger partial charge in [0.05, 0.1) is 17.0 Å². The van der Waals surface area contributed by atoms with E-state index in [1.165, 1.54) is 11.3 Å². The van der Waals surface area contributed by atoms with Gasteiger partial charge in [-0.3, -0.25) is 14.8 Å². The second-order valence-corrected chi connectivity index (χ2v) is 9.48. The number of hydrogen-bond acceptors (Lipinski definition) is 8. The maximum atomic E-state index is 13.0. The van der Waals surface area contributed by atoms with E-state index in [0.717, 1.165) is 59.0 Å². The molecule has 1 aliphatic rings. The zero-order chi connectivity index (χ0) is 22.1. The smallest absolute Gasteiger partial charge is 0.184 e. The Bertz CT molecular complexity index is 1280. The highest BCUT2D eigenvalue weighted by atomic mass is 35.5. The standard InChI is InChI=1S/C23H21ClN6OS/c1-29-4-6-30(7-5-29)22-10-15(2-3-25-22)20(31)11-18-8-16-9-19(21-14-28-23(24)32-21)27-13-17(16)12-26-18/h2-3,8-10,12-14H,4-7,11H2,1H3. The number of thiazole rings is 1. The first-order valence-corrected chi connectivity index (χ1v) is 11.5. The van der Waals surface area contributed by atoms with Crippen LogP contribution in [0.2, 0.25) is 4.47 Å². The fourth-order valence-electron chi connectivity index (χ4n) is 3.75. The first-order valence-electron chi connectivity index (χ1n) is 10.3. The highest BCUT2D eigenvalue weighted by molar-refractivity contribution is 7.18. The molecule has 0 bridgehead atoms. The molecule has 1 fully saturated rings. The van der Waals surface area contributed by atoms with Crippen LogP contribution in [-0.4, -0.2) is 63.8 Å². The van der Waals surface area contributed by atoms with Crippen molar-refractivity contribution in [3.8, 4) is 10.6 Å². The molecule has 32 heavy (non-hydrogen) atoms. The Morgan fingerprint density at radius 3 is 2.59 bits per heavy atom. The average Bonchev–Trinajstić information content (AvgIpc) is 3.25. The zero-order valence-corrected chi connectivity index (χ0v) is 19.1. The lowest BCUT2D eigenvalue weighted by Gasteiger charge is -2.33. The first-order chi connectivity index (χ1) is 15.5. The molecule has 0 unspecified atom stereocenters. The Labute approximate surface area is 194 Å². The van der Waals surface area contributed by atoms with Crippen LogP contribution in [0.3, 0.4) is 0 Å². The van der Waals surface area contributed by atoms with E-state index in [0.29, 0.717) is 10.0 Å². The number of carbonyl (C=O) groups excluding carboxylic acids is 1. The molecule has 0 spiro atoms. The molecule has 0 amide bonds. The van der Waals surface area contributed by atoms with Crippen LogP contribution >= 0.6 is 22.9 Å². The molecule has 5 heterocycles. The van der Waals surface area contributed by atoms with Crippen molar-refractivity contribution in [3.63, 3.8) is 0 Å². The predicted molar refractivity (Wildman–Crippen MR) is 128 cm³/mol. The van der Waals surface area contributed by atoms with Crippen molar-refractivity contribution in [2.75, 3.05) is 38.1 Å². The van der Waals surface area contributed by atoms with E-state index in [9.17, 15) is 4.79 Å². The minimum absolute atomic E-state index is 0.0261. The van der Waals surface area contributed by atoms with Crippen LogP contribution in [-0.2, 0) is 6.42 Å². The number of likely N-dealkylation sites (N-methyl/N-ethyl adjacent to an activating group) is 1. The number of fused-ring (bicyclic) bond motifs is 1. The molecule has 5 rings (SSSR count). The number of hydrogen-bond donors (Lipinski definition) is 0. The van der Waals surface area contributed by atoms with Crippen molar-refractivity contribution in [1.82, 2.24) is 24.8 Å². The van der Waals surface area contributed by atoms with Crippen LogP contribution in [0.5, 0.6) is 0 Å². The number of Topliss-reactive ketones (excluding diaryl/α,β-unsaturated/α-hetero) is 1. The molecule has 4 aromatic rings. The number of aromatic nitrogens is 4. The van der Waals surface area contributed by atoms with Gasteiger partial charge in [0.15, 0.2) is 10.3 Å². The number of piperazine rings is 1. The van der Waals surface area contributed by atoms with Gasteiger partial charge >= 0.3 is 0 Å². The average molecular weight is 465 g/mol. The van der Waals surface area contributed by atoms with Crippen LogP contribution < -0.4 is 4.90 Å². The molecule has 0 atom stereocenters. The van der Waals surface area contributed by atoms with Gasteiger partial charge < -0.3 is 9.80 Å². The lowest BCUT2D eigenvalue weighted by atomic mass is 10.1. The Morgan fingerprint density at radius 2 is 1.81 bits per heavy atom. The van der Waals surface area contributed by atoms with E-state index >= 15 is 0 Å². The number of rotatable bonds is 5. The SMILES string of the molecule is CN1CCN(c2cc(C(=O)Cc3cc4cc(-c5cnc(Cl)s5)ncc4cn3)ccn2)CC1. The van der Waals surface area contributed by atoms with Gasteiger partial charge in [-0.05, 0) is 36.7 Å². The first kappa shape index (κ1) is 20.9. The maximum absolute atomic E-state index is 13.0. The van der Waals surface area contributed by atoms with Crippen LogP contribution in [0, 0.1) is 0 Å². The predicted octanol–water partition coefficient (Wildman–Crippen LogP) is 3.98. The molecule has 0 aliphatic carbocycles. The van der Waals surface area contributed by atoms with Crippen molar-refractivity contribution in [2.45, 2.75) is 6.42 Å². The summed E-state index contributed by atoms with van der Waals surface area (Å²) in [5.74, 6) is 0.882. The quantitative estimate of drug-likeness (QED) is 0.413. The summed E-state index contributed by atoms with van der Waals surface area (Å²) in [6, 6.07) is 7.60. The molecular formula is C23H21ClN6OS. The van der Waals surface area contributed by atoms with Crippen LogP contribution in [0.15, 0.2) is 49.1 Å². The van der Waals surface area contributed by atoms with Gasteiger partial charge in [-0.1, -0.05) is 11.6 Å². The summed E-state index contributed by atoms with van der Waals surface area (Å²) in [4.78, 5) is 35.9. The third kappa shape index (κ3) is 4.48. The Hall–Kier alpha value is -2.94. The highest BCUT2D eigenvalue weighted by Crippen LogP contribution is 2.29. The molecule has 0 saturated carbocycles. The van der Waals surface area contributed by atoms with E-state index in [1.807, 2.05) is 18.2 Å². The lowest BCUT2D eigenvalue weighted by molar-refractivity contribution is 0.0992. The molecule has 0 aromatic carbocycles. The lowest BCUT2D eigenvalue weighted by Crippen LogP contribution is -2.44. The van der Waals surface area contributed by atoms with Crippen molar-refractivity contribution >= 4 is 45.3 Å². The Balaban J connectivity index is 1.36. The third-order valence-electron chi connectivity index (χ3n) is 5.63. The van der Waals surface area contributed by atoms with E-state index in [4.69, 9.17) is 11.6 Å². The van der Waals surface area contributed by atoms with Crippen molar-refractivity contribution in [3.05, 3.63) is 64.8 Å². The minimum atomic E-state index is 0.0261. The number of anilines is 1. The largest absolute Gasteiger partial charge is 0.354 e. The van der Waals surface area contributed by atoms with Gasteiger partial charge in [-0.15, -0.1) is 11.3 Å². The summed E-state index contributed by atoms with van der Waals surface area (Å²) >= 11 is 7.34. The van der Waals surface area contributed by atoms with Crippen molar-refractivity contribution in [2.24, 2.45) is 0 Å². The molecule has 7 nitrogen and oxygen atoms in total. The van der Waals surface area contributed by atoms with E-state index in [-0.39, 0.29) is 12.2 Å². The number of pyridine rings is 3. The summed E-state index contributed by atoms with van der Waals surface area (Å²) in [7, 11) is 2.12. The summed E-state index contributed by atoms with van der Waals surface area (Å²) in [6.45, 7) is 3.81. The van der Waals surface area contributed by atoms with E-state index in [1.54, 1.807) is 30.9 Å². The van der Waals surface area contributed by atoms with E-state index < -0.39 is 0 Å². The van der Waals surface area contributed by atoms with E-state index in [2.05, 4.69) is 36.8 Å². The molecule has 162 valence electrons. The number of halogens is 1. The summed E-state index contributed by atoms with van der Waals surface area (Å²) in [5.41, 5.74) is 2.18. The van der Waals surface area contributed by atoms with Gasteiger partial charge in [-0.25, -0.2) is 9.97 Å². The van der Waals surface area contributed by atoms with Crippen molar-refractivity contribution < 1.29 is 4.79 Å². The molecule has 0 radical (unpaired) electrons. The molecule has 1 aliphatic heterocycles. The molecule has 1 saturated heterocycles. The van der Waals surface area contributed by atoms with Gasteiger partial charge in [0.1, 0.15) is 5.82 Å². The Morgan fingerprint density at radius 1 is 1.00 bits per heavy atom. The molecule has 4 aromatic heterocycles. The monoisotopic (exact) mass is 464 g/mol. The molecule has 9 heteroatoms. The fraction of sp³-hybridized carbons (Fsp3) is 0.261. The number of ketones is 1. The fourth-order valence-corrected chi connectivity index (χ4v) is 4.66. The summed E-state index contributed by atoms with van der Waals surface area (Å²) in [6.07, 6.45) is 7.20. The van der Waals surface area contributed by atoms with Crippen molar-refractivity contribution in [1.29, 1.82) is 0 Å². The molecular weight excluding hydrogens is 444 g/mol. The van der Waals surface area contributed by atoms with Gasteiger partial charge in [0.2, 0.25) is 0 Å². The summed E-state index contributed by atoms with van der Waals surface area (Å²) in [5, 5.41) is 1.90. The van der Waals surface area contributed by atoms with Crippen LogP contribution in [0.25, 0.3) is 21.3 Å². The second kappa shape index (κ2) is 8.90. The zero-order valence-electron chi connectivity index (χ0n) is 17.5. The maximum Gasteiger partial charge on any atom is 0.184 e. The normalized spacial score (nSPS) is 14.8. The van der Waals surface area contributed by atoms with Gasteiger partial charge in [0.25, 0.3) is 0 Å². The van der Waals surface area contributed by atoms with Gasteiger partial charge in [0, 0.05) is 67.6 Å². The highest BCUT2D eigenvalue weighted by Gasteiger charge is 2.17. The summed E-state index contributed by atoms with van der Waals surface area (Å²) < 4.78 is 0.483. The minimum Gasteiger partial charge on any atom is -0.354 e. The number of nitrogens with zero attached hydrogens (tertiary/aromatic N) is 6. The topological polar surface area (TPSA) is 75.1 Å². The Kier molecular flexibility index (Phi) is 5.82. The van der Waals surface area contributed by atoms with Gasteiger partial charge in [-0.2, -0.15) is 0 Å². The third-order valence-corrected chi connectivity index (χ3v) is 6.76. The molecule has 0 N–H and O–H groups in total. The number of carbonyl (C=O) groups is 1. The van der Waals surface area contributed by atoms with Crippen LogP contribution in [0.1, 0.15) is 16.1 Å². The van der Waals surface area contributed by atoms with Crippen LogP contribution in [0.4, 0.5) is 5.82 Å².